The van der Waals surface area contributed by atoms with Gasteiger partial charge in [0.05, 0.1) is 0 Å². The van der Waals surface area contributed by atoms with Crippen LogP contribution in [0.5, 0.6) is 0 Å². The van der Waals surface area contributed by atoms with Crippen molar-refractivity contribution in [2.75, 3.05) is 18.2 Å². The van der Waals surface area contributed by atoms with Crippen LogP contribution in [0.3, 0.4) is 0 Å². The zero-order chi connectivity index (χ0) is 15.2. The Balaban J connectivity index is 2.79. The fourth-order valence-corrected chi connectivity index (χ4v) is 2.91. The van der Waals surface area contributed by atoms with Crippen LogP contribution in [0.25, 0.3) is 0 Å². The van der Waals surface area contributed by atoms with Gasteiger partial charge in [0.25, 0.3) is 5.91 Å². The molecule has 0 saturated carbocycles. The third kappa shape index (κ3) is 4.26. The Labute approximate surface area is 129 Å². The third-order valence-electron chi connectivity index (χ3n) is 3.50. The Bertz CT molecular complexity index is 457. The minimum absolute atomic E-state index is 0.0709. The molecule has 112 valence electrons. The maximum Gasteiger partial charge on any atom is 0.251 e. The van der Waals surface area contributed by atoms with Gasteiger partial charge in [0.2, 0.25) is 0 Å². The summed E-state index contributed by atoms with van der Waals surface area (Å²) in [7, 11) is 0. The van der Waals surface area contributed by atoms with Crippen molar-refractivity contribution in [3.63, 3.8) is 0 Å². The molecule has 0 aromatic carbocycles. The number of amides is 1. The Morgan fingerprint density at radius 1 is 1.45 bits per heavy atom. The predicted molar refractivity (Wildman–Crippen MR) is 86.2 cm³/mol. The van der Waals surface area contributed by atoms with Gasteiger partial charge in [-0.05, 0) is 31.2 Å². The van der Waals surface area contributed by atoms with Gasteiger partial charge in [-0.3, -0.25) is 4.79 Å². The average Bonchev–Trinajstić information content (AvgIpc) is 2.48. The first-order valence-electron chi connectivity index (χ1n) is 6.47. The number of pyridine rings is 1. The number of nitrogens with zero attached hydrogens (tertiary/aromatic N) is 1. The van der Waals surface area contributed by atoms with Crippen molar-refractivity contribution >= 4 is 35.1 Å². The summed E-state index contributed by atoms with van der Waals surface area (Å²) in [6.45, 7) is 4.88. The average molecular weight is 317 g/mol. The van der Waals surface area contributed by atoms with Crippen molar-refractivity contribution in [1.82, 2.24) is 10.3 Å². The number of carbonyl (C=O) groups excluding carboxylic acids is 1. The Hall–Kier alpha value is -0.980. The molecule has 1 aromatic heterocycles. The van der Waals surface area contributed by atoms with E-state index < -0.39 is 0 Å². The number of aromatic nitrogens is 1. The van der Waals surface area contributed by atoms with Crippen LogP contribution in [-0.2, 0) is 0 Å². The summed E-state index contributed by atoms with van der Waals surface area (Å²) in [5, 5.41) is 3.19. The highest BCUT2D eigenvalue weighted by Gasteiger charge is 2.25. The molecule has 0 saturated heterocycles. The van der Waals surface area contributed by atoms with E-state index in [4.69, 9.17) is 17.4 Å². The highest BCUT2D eigenvalue weighted by Crippen LogP contribution is 2.29. The van der Waals surface area contributed by atoms with Crippen LogP contribution >= 0.6 is 23.4 Å². The molecular formula is C13H21ClN4OS. The van der Waals surface area contributed by atoms with Crippen molar-refractivity contribution in [2.45, 2.75) is 31.4 Å². The number of anilines is 1. The summed E-state index contributed by atoms with van der Waals surface area (Å²) in [4.78, 5) is 16.1. The van der Waals surface area contributed by atoms with Crippen LogP contribution in [0.2, 0.25) is 5.15 Å². The summed E-state index contributed by atoms with van der Waals surface area (Å²) in [6.07, 6.45) is 4.06. The first-order chi connectivity index (χ1) is 9.50. The molecule has 0 radical (unpaired) electrons. The summed E-state index contributed by atoms with van der Waals surface area (Å²) < 4.78 is 0.0709. The zero-order valence-corrected chi connectivity index (χ0v) is 13.6. The monoisotopic (exact) mass is 316 g/mol. The number of nitrogens with two attached hydrogens (primary N) is 1. The van der Waals surface area contributed by atoms with Crippen LogP contribution < -0.4 is 16.6 Å². The molecule has 0 fully saturated rings. The molecule has 1 amide bonds. The summed E-state index contributed by atoms with van der Waals surface area (Å²) in [5.41, 5.74) is 2.83. The molecule has 20 heavy (non-hydrogen) atoms. The smallest absolute Gasteiger partial charge is 0.251 e. The number of nitrogens with one attached hydrogen (secondary N) is 2. The number of halogens is 1. The number of hydrogen-bond acceptors (Lipinski definition) is 5. The maximum atomic E-state index is 12.2. The molecule has 0 unspecified atom stereocenters. The van der Waals surface area contributed by atoms with Gasteiger partial charge in [-0.1, -0.05) is 25.4 Å². The number of nitrogen functional groups attached to an aromatic ring is 1. The van der Waals surface area contributed by atoms with E-state index in [1.807, 2.05) is 0 Å². The number of hydrazine groups is 1. The minimum atomic E-state index is -0.175. The molecule has 0 aliphatic rings. The van der Waals surface area contributed by atoms with Crippen LogP contribution in [0.15, 0.2) is 12.1 Å². The van der Waals surface area contributed by atoms with Crippen molar-refractivity contribution in [3.05, 3.63) is 22.8 Å². The normalized spacial score (nSPS) is 11.2. The quantitative estimate of drug-likeness (QED) is 0.409. The lowest BCUT2D eigenvalue weighted by Crippen LogP contribution is -2.39. The highest BCUT2D eigenvalue weighted by atomic mass is 35.5. The Morgan fingerprint density at radius 2 is 2.10 bits per heavy atom. The highest BCUT2D eigenvalue weighted by molar-refractivity contribution is 8.00. The van der Waals surface area contributed by atoms with Crippen molar-refractivity contribution in [3.8, 4) is 0 Å². The first-order valence-corrected chi connectivity index (χ1v) is 8.08. The van der Waals surface area contributed by atoms with E-state index in [2.05, 4.69) is 35.8 Å². The Morgan fingerprint density at radius 3 is 2.60 bits per heavy atom. The van der Waals surface area contributed by atoms with Gasteiger partial charge in [-0.15, -0.1) is 0 Å². The number of rotatable bonds is 7. The largest absolute Gasteiger partial charge is 0.351 e. The second-order valence-corrected chi connectivity index (χ2v) is 6.15. The van der Waals surface area contributed by atoms with Gasteiger partial charge in [-0.25, -0.2) is 10.8 Å². The van der Waals surface area contributed by atoms with Gasteiger partial charge in [0.1, 0.15) is 11.0 Å². The van der Waals surface area contributed by atoms with E-state index in [-0.39, 0.29) is 15.8 Å². The van der Waals surface area contributed by atoms with E-state index in [9.17, 15) is 4.79 Å². The molecule has 1 heterocycles. The standard InChI is InChI=1S/C13H21ClN4OS/c1-4-13(5-2,20-3)8-16-12(19)9-6-10(14)17-11(7-9)18-15/h6-7H,4-5,8,15H2,1-3H3,(H,16,19)(H,17,18). The third-order valence-corrected chi connectivity index (χ3v) is 5.28. The fourth-order valence-electron chi connectivity index (χ4n) is 1.91. The molecule has 1 aromatic rings. The van der Waals surface area contributed by atoms with Gasteiger partial charge in [0.15, 0.2) is 0 Å². The van der Waals surface area contributed by atoms with E-state index in [1.165, 1.54) is 6.07 Å². The second kappa shape index (κ2) is 7.71. The summed E-state index contributed by atoms with van der Waals surface area (Å²) >= 11 is 7.63. The first kappa shape index (κ1) is 17.1. The number of carbonyl (C=O) groups is 1. The van der Waals surface area contributed by atoms with Crippen LogP contribution in [-0.4, -0.2) is 28.4 Å². The predicted octanol–water partition coefficient (Wildman–Crippen LogP) is 2.67. The minimum Gasteiger partial charge on any atom is -0.351 e. The van der Waals surface area contributed by atoms with Crippen molar-refractivity contribution in [1.29, 1.82) is 0 Å². The molecule has 0 atom stereocenters. The summed E-state index contributed by atoms with van der Waals surface area (Å²) in [5.74, 6) is 5.48. The van der Waals surface area contributed by atoms with Crippen molar-refractivity contribution in [2.24, 2.45) is 5.84 Å². The Kier molecular flexibility index (Phi) is 6.58. The van der Waals surface area contributed by atoms with E-state index in [0.717, 1.165) is 12.8 Å². The SMILES string of the molecule is CCC(CC)(CNC(=O)c1cc(Cl)nc(NN)c1)SC. The van der Waals surface area contributed by atoms with E-state index in [0.29, 0.717) is 17.9 Å². The number of hydrogen-bond donors (Lipinski definition) is 3. The lowest BCUT2D eigenvalue weighted by atomic mass is 10.0. The fraction of sp³-hybridized carbons (Fsp3) is 0.538. The molecule has 0 aliphatic heterocycles. The van der Waals surface area contributed by atoms with Crippen LogP contribution in [0.1, 0.15) is 37.0 Å². The molecule has 4 N–H and O–H groups in total. The van der Waals surface area contributed by atoms with Gasteiger partial charge in [-0.2, -0.15) is 11.8 Å². The van der Waals surface area contributed by atoms with Crippen molar-refractivity contribution < 1.29 is 4.79 Å². The van der Waals surface area contributed by atoms with Crippen LogP contribution in [0.4, 0.5) is 5.82 Å². The maximum absolute atomic E-state index is 12.2. The van der Waals surface area contributed by atoms with Gasteiger partial charge < -0.3 is 10.7 Å². The molecule has 5 nitrogen and oxygen atoms in total. The molecule has 0 bridgehead atoms. The van der Waals surface area contributed by atoms with Gasteiger partial charge >= 0.3 is 0 Å². The number of thioether (sulfide) groups is 1. The van der Waals surface area contributed by atoms with Crippen LogP contribution in [0, 0.1) is 0 Å². The second-order valence-electron chi connectivity index (χ2n) is 4.49. The molecule has 0 spiro atoms. The lowest BCUT2D eigenvalue weighted by Gasteiger charge is -2.29. The molecule has 0 aliphatic carbocycles. The molecule has 7 heteroatoms. The summed E-state index contributed by atoms with van der Waals surface area (Å²) in [6, 6.07) is 3.09. The lowest BCUT2D eigenvalue weighted by molar-refractivity contribution is 0.0949. The molecule has 1 rings (SSSR count). The molecular weight excluding hydrogens is 296 g/mol. The van der Waals surface area contributed by atoms with E-state index >= 15 is 0 Å². The zero-order valence-electron chi connectivity index (χ0n) is 12.0. The van der Waals surface area contributed by atoms with E-state index in [1.54, 1.807) is 17.8 Å². The topological polar surface area (TPSA) is 80.0 Å². The van der Waals surface area contributed by atoms with Gasteiger partial charge in [0, 0.05) is 16.9 Å².